The minimum atomic E-state index is -0.211. The molecule has 3 N–H and O–H groups in total. The molecule has 1 aliphatic heterocycles. The Morgan fingerprint density at radius 1 is 1.42 bits per heavy atom. The topological polar surface area (TPSA) is 76.8 Å². The highest BCUT2D eigenvalue weighted by molar-refractivity contribution is 6.33. The molecule has 1 saturated heterocycles. The van der Waals surface area contributed by atoms with Crippen LogP contribution >= 0.6 is 11.6 Å². The molecule has 1 aromatic carbocycles. The van der Waals surface area contributed by atoms with E-state index < -0.39 is 0 Å². The van der Waals surface area contributed by atoms with Crippen LogP contribution in [0.15, 0.2) is 12.1 Å². The lowest BCUT2D eigenvalue weighted by Gasteiger charge is -2.35. The molecular formula is C17H26ClN3O3. The Labute approximate surface area is 148 Å². The zero-order chi connectivity index (χ0) is 17.7. The summed E-state index contributed by atoms with van der Waals surface area (Å²) in [4.78, 5) is 14.7. The molecule has 1 aromatic rings. The Kier molecular flexibility index (Phi) is 6.71. The highest BCUT2D eigenvalue weighted by Crippen LogP contribution is 2.28. The summed E-state index contributed by atoms with van der Waals surface area (Å²) in [6, 6.07) is 3.10. The van der Waals surface area contributed by atoms with Crippen LogP contribution in [0.1, 0.15) is 30.6 Å². The molecule has 7 heteroatoms. The van der Waals surface area contributed by atoms with E-state index in [1.54, 1.807) is 6.07 Å². The average molecular weight is 356 g/mol. The first-order valence-electron chi connectivity index (χ1n) is 8.19. The van der Waals surface area contributed by atoms with Gasteiger partial charge in [0.25, 0.3) is 5.91 Å². The zero-order valence-electron chi connectivity index (χ0n) is 14.5. The third-order valence-electron chi connectivity index (χ3n) is 4.00. The van der Waals surface area contributed by atoms with Gasteiger partial charge in [0.2, 0.25) is 0 Å². The predicted octanol–water partition coefficient (Wildman–Crippen LogP) is 2.16. The number of carbonyl (C=O) groups is 1. The molecule has 0 saturated carbocycles. The molecule has 1 heterocycles. The first-order chi connectivity index (χ1) is 11.4. The fourth-order valence-electron chi connectivity index (χ4n) is 2.98. The van der Waals surface area contributed by atoms with Crippen molar-refractivity contribution < 1.29 is 14.3 Å². The van der Waals surface area contributed by atoms with Crippen LogP contribution in [0.3, 0.4) is 0 Å². The molecule has 0 radical (unpaired) electrons. The van der Waals surface area contributed by atoms with E-state index in [1.807, 2.05) is 0 Å². The van der Waals surface area contributed by atoms with Crippen LogP contribution in [0.25, 0.3) is 0 Å². The van der Waals surface area contributed by atoms with Crippen LogP contribution in [0.5, 0.6) is 5.75 Å². The fourth-order valence-corrected chi connectivity index (χ4v) is 3.15. The lowest BCUT2D eigenvalue weighted by atomic mass is 10.1. The van der Waals surface area contributed by atoms with E-state index in [9.17, 15) is 4.79 Å². The number of methoxy groups -OCH3 is 1. The SMILES string of the molecule is COc1cc(N)c(Cl)cc1C(=O)NCCCN1CC(C)OC(C)C1. The van der Waals surface area contributed by atoms with E-state index in [0.29, 0.717) is 28.6 Å². The normalized spacial score (nSPS) is 21.5. The van der Waals surface area contributed by atoms with Crippen LogP contribution in [-0.4, -0.2) is 56.3 Å². The number of carbonyl (C=O) groups excluding carboxylic acids is 1. The van der Waals surface area contributed by atoms with E-state index in [-0.39, 0.29) is 18.1 Å². The number of rotatable bonds is 6. The van der Waals surface area contributed by atoms with Crippen molar-refractivity contribution in [1.29, 1.82) is 0 Å². The molecule has 0 aromatic heterocycles. The number of benzene rings is 1. The molecule has 1 amide bonds. The number of hydrogen-bond donors (Lipinski definition) is 2. The van der Waals surface area contributed by atoms with Gasteiger partial charge in [-0.05, 0) is 26.3 Å². The minimum Gasteiger partial charge on any atom is -0.496 e. The highest BCUT2D eigenvalue weighted by atomic mass is 35.5. The second-order valence-corrected chi connectivity index (χ2v) is 6.61. The smallest absolute Gasteiger partial charge is 0.255 e. The number of amides is 1. The summed E-state index contributed by atoms with van der Waals surface area (Å²) in [6.07, 6.45) is 1.38. The molecular weight excluding hydrogens is 330 g/mol. The monoisotopic (exact) mass is 355 g/mol. The van der Waals surface area contributed by atoms with E-state index in [2.05, 4.69) is 24.1 Å². The van der Waals surface area contributed by atoms with Crippen molar-refractivity contribution in [2.75, 3.05) is 39.0 Å². The van der Waals surface area contributed by atoms with Gasteiger partial charge in [0.1, 0.15) is 5.75 Å². The molecule has 2 atom stereocenters. The number of nitrogens with zero attached hydrogens (tertiary/aromatic N) is 1. The van der Waals surface area contributed by atoms with Crippen LogP contribution in [0, 0.1) is 0 Å². The molecule has 2 rings (SSSR count). The molecule has 0 bridgehead atoms. The summed E-state index contributed by atoms with van der Waals surface area (Å²) in [6.45, 7) is 7.55. The Morgan fingerprint density at radius 2 is 2.08 bits per heavy atom. The number of halogens is 1. The second-order valence-electron chi connectivity index (χ2n) is 6.20. The van der Waals surface area contributed by atoms with Crippen molar-refractivity contribution >= 4 is 23.2 Å². The second kappa shape index (κ2) is 8.55. The van der Waals surface area contributed by atoms with E-state index in [0.717, 1.165) is 26.1 Å². The van der Waals surface area contributed by atoms with Gasteiger partial charge in [0.05, 0.1) is 35.6 Å². The third-order valence-corrected chi connectivity index (χ3v) is 4.32. The van der Waals surface area contributed by atoms with Crippen molar-refractivity contribution in [3.8, 4) is 5.75 Å². The first kappa shape index (κ1) is 18.8. The Morgan fingerprint density at radius 3 is 2.71 bits per heavy atom. The number of nitrogen functional groups attached to an aromatic ring is 1. The Balaban J connectivity index is 1.82. The molecule has 24 heavy (non-hydrogen) atoms. The fraction of sp³-hybridized carbons (Fsp3) is 0.588. The summed E-state index contributed by atoms with van der Waals surface area (Å²) >= 11 is 6.00. The highest BCUT2D eigenvalue weighted by Gasteiger charge is 2.21. The predicted molar refractivity (Wildman–Crippen MR) is 95.8 cm³/mol. The van der Waals surface area contributed by atoms with Crippen LogP contribution in [0.2, 0.25) is 5.02 Å². The zero-order valence-corrected chi connectivity index (χ0v) is 15.2. The number of hydrogen-bond acceptors (Lipinski definition) is 5. The molecule has 0 spiro atoms. The Bertz CT molecular complexity index is 572. The minimum absolute atomic E-state index is 0.211. The van der Waals surface area contributed by atoms with E-state index >= 15 is 0 Å². The number of morpholine rings is 1. The average Bonchev–Trinajstić information content (AvgIpc) is 2.52. The van der Waals surface area contributed by atoms with Gasteiger partial charge in [-0.3, -0.25) is 9.69 Å². The summed E-state index contributed by atoms with van der Waals surface area (Å²) < 4.78 is 10.9. The number of nitrogens with one attached hydrogen (secondary N) is 1. The van der Waals surface area contributed by atoms with Crippen LogP contribution in [-0.2, 0) is 4.74 Å². The largest absolute Gasteiger partial charge is 0.496 e. The number of ether oxygens (including phenoxy) is 2. The quantitative estimate of drug-likeness (QED) is 0.604. The third kappa shape index (κ3) is 5.00. The van der Waals surface area contributed by atoms with Crippen molar-refractivity contribution in [2.24, 2.45) is 0 Å². The van der Waals surface area contributed by atoms with Gasteiger partial charge >= 0.3 is 0 Å². The molecule has 134 valence electrons. The van der Waals surface area contributed by atoms with Gasteiger partial charge < -0.3 is 20.5 Å². The van der Waals surface area contributed by atoms with Gasteiger partial charge in [-0.2, -0.15) is 0 Å². The lowest BCUT2D eigenvalue weighted by Crippen LogP contribution is -2.46. The van der Waals surface area contributed by atoms with Gasteiger partial charge in [-0.15, -0.1) is 0 Å². The molecule has 0 aliphatic carbocycles. The maximum Gasteiger partial charge on any atom is 0.255 e. The summed E-state index contributed by atoms with van der Waals surface area (Å²) in [5.41, 5.74) is 6.52. The molecule has 6 nitrogen and oxygen atoms in total. The van der Waals surface area contributed by atoms with Gasteiger partial charge in [-0.25, -0.2) is 0 Å². The lowest BCUT2D eigenvalue weighted by molar-refractivity contribution is -0.0679. The van der Waals surface area contributed by atoms with Crippen molar-refractivity contribution in [2.45, 2.75) is 32.5 Å². The van der Waals surface area contributed by atoms with Crippen molar-refractivity contribution in [3.05, 3.63) is 22.7 Å². The maximum atomic E-state index is 12.3. The summed E-state index contributed by atoms with van der Waals surface area (Å²) in [5, 5.41) is 3.25. The van der Waals surface area contributed by atoms with Crippen LogP contribution in [0.4, 0.5) is 5.69 Å². The van der Waals surface area contributed by atoms with Crippen LogP contribution < -0.4 is 15.8 Å². The molecule has 1 aliphatic rings. The van der Waals surface area contributed by atoms with E-state index in [4.69, 9.17) is 26.8 Å². The number of anilines is 1. The first-order valence-corrected chi connectivity index (χ1v) is 8.57. The van der Waals surface area contributed by atoms with Crippen molar-refractivity contribution in [3.63, 3.8) is 0 Å². The standard InChI is InChI=1S/C17H26ClN3O3/c1-11-9-21(10-12(2)24-11)6-4-5-20-17(22)13-7-14(18)15(19)8-16(13)23-3/h7-8,11-12H,4-6,9-10,19H2,1-3H3,(H,20,22). The number of nitrogens with two attached hydrogens (primary N) is 1. The van der Waals surface area contributed by atoms with E-state index in [1.165, 1.54) is 13.2 Å². The van der Waals surface area contributed by atoms with Gasteiger partial charge in [0.15, 0.2) is 0 Å². The molecule has 2 unspecified atom stereocenters. The van der Waals surface area contributed by atoms with Crippen molar-refractivity contribution in [1.82, 2.24) is 10.2 Å². The molecule has 1 fully saturated rings. The summed E-state index contributed by atoms with van der Waals surface area (Å²) in [5.74, 6) is 0.211. The summed E-state index contributed by atoms with van der Waals surface area (Å²) in [7, 11) is 1.50. The maximum absolute atomic E-state index is 12.3. The Hall–Kier alpha value is -1.50. The van der Waals surface area contributed by atoms with Gasteiger partial charge in [0, 0.05) is 32.2 Å². The van der Waals surface area contributed by atoms with Gasteiger partial charge in [-0.1, -0.05) is 11.6 Å².